The Hall–Kier alpha value is -2.67. The first-order valence-corrected chi connectivity index (χ1v) is 7.10. The minimum absolute atomic E-state index is 0.0534. The lowest BCUT2D eigenvalue weighted by molar-refractivity contribution is 0.0843. The standard InChI is InChI=1S/C16H19N3O4/c1-11-17-7-12(8-18-11)16(21)19-9-13(20)10-23-15-5-3-4-14(6-15)22-2/h3-8,13,20H,9-10H2,1-2H3,(H,19,21)/t13-/m1/s1. The highest BCUT2D eigenvalue weighted by atomic mass is 16.5. The van der Waals surface area contributed by atoms with Crippen LogP contribution in [0, 0.1) is 6.92 Å². The third-order valence-electron chi connectivity index (χ3n) is 3.02. The fraction of sp³-hybridized carbons (Fsp3) is 0.312. The maximum Gasteiger partial charge on any atom is 0.254 e. The van der Waals surface area contributed by atoms with Gasteiger partial charge in [0.05, 0.1) is 12.7 Å². The van der Waals surface area contributed by atoms with Crippen molar-refractivity contribution in [2.75, 3.05) is 20.3 Å². The van der Waals surface area contributed by atoms with Crippen LogP contribution >= 0.6 is 0 Å². The Labute approximate surface area is 134 Å². The van der Waals surface area contributed by atoms with Gasteiger partial charge in [-0.2, -0.15) is 0 Å². The molecule has 2 rings (SSSR count). The molecule has 7 heteroatoms. The molecule has 1 aromatic heterocycles. The van der Waals surface area contributed by atoms with Gasteiger partial charge in [-0.15, -0.1) is 0 Å². The Balaban J connectivity index is 1.77. The fourth-order valence-corrected chi connectivity index (χ4v) is 1.76. The average Bonchev–Trinajstić information content (AvgIpc) is 2.58. The predicted octanol–water partition coefficient (Wildman–Crippen LogP) is 0.963. The van der Waals surface area contributed by atoms with Crippen LogP contribution in [0.5, 0.6) is 11.5 Å². The minimum Gasteiger partial charge on any atom is -0.497 e. The van der Waals surface area contributed by atoms with Gasteiger partial charge >= 0.3 is 0 Å². The maximum absolute atomic E-state index is 11.9. The molecule has 23 heavy (non-hydrogen) atoms. The van der Waals surface area contributed by atoms with Gasteiger partial charge in [0.1, 0.15) is 30.0 Å². The Morgan fingerprint density at radius 2 is 2.00 bits per heavy atom. The Bertz CT molecular complexity index is 646. The summed E-state index contributed by atoms with van der Waals surface area (Å²) in [7, 11) is 1.57. The largest absolute Gasteiger partial charge is 0.497 e. The number of amides is 1. The summed E-state index contributed by atoms with van der Waals surface area (Å²) in [6.45, 7) is 1.86. The summed E-state index contributed by atoms with van der Waals surface area (Å²) in [4.78, 5) is 19.8. The molecule has 2 N–H and O–H groups in total. The van der Waals surface area contributed by atoms with E-state index in [1.54, 1.807) is 38.3 Å². The van der Waals surface area contributed by atoms with Gasteiger partial charge in [-0.25, -0.2) is 9.97 Å². The molecule has 122 valence electrons. The first-order valence-electron chi connectivity index (χ1n) is 7.10. The van der Waals surface area contributed by atoms with Gasteiger partial charge in [0.15, 0.2) is 0 Å². The van der Waals surface area contributed by atoms with Crippen molar-refractivity contribution in [2.45, 2.75) is 13.0 Å². The van der Waals surface area contributed by atoms with Crippen molar-refractivity contribution in [3.05, 3.63) is 48.0 Å². The quantitative estimate of drug-likeness (QED) is 0.790. The number of nitrogens with zero attached hydrogens (tertiary/aromatic N) is 2. The molecule has 1 atom stereocenters. The number of methoxy groups -OCH3 is 1. The Morgan fingerprint density at radius 3 is 2.70 bits per heavy atom. The average molecular weight is 317 g/mol. The SMILES string of the molecule is COc1cccc(OC[C@H](O)CNC(=O)c2cnc(C)nc2)c1. The van der Waals surface area contributed by atoms with Crippen molar-refractivity contribution >= 4 is 5.91 Å². The number of nitrogens with one attached hydrogen (secondary N) is 1. The lowest BCUT2D eigenvalue weighted by atomic mass is 10.3. The molecule has 7 nitrogen and oxygen atoms in total. The Kier molecular flexibility index (Phi) is 5.87. The number of hydrogen-bond acceptors (Lipinski definition) is 6. The molecular formula is C16H19N3O4. The molecule has 0 fully saturated rings. The van der Waals surface area contributed by atoms with Crippen LogP contribution in [-0.2, 0) is 0 Å². The predicted molar refractivity (Wildman–Crippen MR) is 83.6 cm³/mol. The van der Waals surface area contributed by atoms with Crippen molar-refractivity contribution < 1.29 is 19.4 Å². The number of ether oxygens (including phenoxy) is 2. The molecular weight excluding hydrogens is 298 g/mol. The molecule has 0 aliphatic rings. The molecule has 0 aliphatic heterocycles. The van der Waals surface area contributed by atoms with Crippen molar-refractivity contribution in [2.24, 2.45) is 0 Å². The number of benzene rings is 1. The van der Waals surface area contributed by atoms with Gasteiger partial charge in [0.2, 0.25) is 0 Å². The molecule has 0 saturated heterocycles. The molecule has 0 aliphatic carbocycles. The summed E-state index contributed by atoms with van der Waals surface area (Å²) >= 11 is 0. The van der Waals surface area contributed by atoms with Crippen molar-refractivity contribution in [3.63, 3.8) is 0 Å². The zero-order valence-corrected chi connectivity index (χ0v) is 13.0. The summed E-state index contributed by atoms with van der Waals surface area (Å²) < 4.78 is 10.5. The first kappa shape index (κ1) is 16.7. The highest BCUT2D eigenvalue weighted by Crippen LogP contribution is 2.18. The third kappa shape index (κ3) is 5.23. The molecule has 1 amide bonds. The second kappa shape index (κ2) is 8.09. The van der Waals surface area contributed by atoms with E-state index in [4.69, 9.17) is 9.47 Å². The maximum atomic E-state index is 11.9. The summed E-state index contributed by atoms with van der Waals surface area (Å²) in [6.07, 6.45) is 2.05. The van der Waals surface area contributed by atoms with Gasteiger partial charge in [-0.05, 0) is 19.1 Å². The number of aliphatic hydroxyl groups excluding tert-OH is 1. The zero-order valence-electron chi connectivity index (χ0n) is 13.0. The molecule has 0 saturated carbocycles. The summed E-state index contributed by atoms with van der Waals surface area (Å²) in [6, 6.07) is 7.07. The van der Waals surface area contributed by atoms with E-state index in [1.165, 1.54) is 12.4 Å². The molecule has 2 aromatic rings. The number of aromatic nitrogens is 2. The fourth-order valence-electron chi connectivity index (χ4n) is 1.76. The van der Waals surface area contributed by atoms with Gasteiger partial charge in [0, 0.05) is 25.0 Å². The third-order valence-corrected chi connectivity index (χ3v) is 3.02. The zero-order chi connectivity index (χ0) is 16.7. The van der Waals surface area contributed by atoms with E-state index in [9.17, 15) is 9.90 Å². The monoisotopic (exact) mass is 317 g/mol. The highest BCUT2D eigenvalue weighted by molar-refractivity contribution is 5.93. The van der Waals surface area contributed by atoms with Crippen LogP contribution in [-0.4, -0.2) is 47.3 Å². The summed E-state index contributed by atoms with van der Waals surface area (Å²) in [5.74, 6) is 1.50. The van der Waals surface area contributed by atoms with Crippen molar-refractivity contribution in [3.8, 4) is 11.5 Å². The smallest absolute Gasteiger partial charge is 0.254 e. The number of carbonyl (C=O) groups excluding carboxylic acids is 1. The van der Waals surface area contributed by atoms with Crippen LogP contribution in [0.15, 0.2) is 36.7 Å². The van der Waals surface area contributed by atoms with Gasteiger partial charge in [-0.1, -0.05) is 6.07 Å². The lowest BCUT2D eigenvalue weighted by Gasteiger charge is -2.13. The normalized spacial score (nSPS) is 11.6. The molecule has 1 aromatic carbocycles. The van der Waals surface area contributed by atoms with Crippen LogP contribution in [0.25, 0.3) is 0 Å². The molecule has 1 heterocycles. The summed E-state index contributed by atoms with van der Waals surface area (Å²) in [5.41, 5.74) is 0.344. The molecule has 0 unspecified atom stereocenters. The number of aryl methyl sites for hydroxylation is 1. The van der Waals surface area contributed by atoms with Crippen LogP contribution < -0.4 is 14.8 Å². The Morgan fingerprint density at radius 1 is 1.30 bits per heavy atom. The number of carbonyl (C=O) groups is 1. The number of rotatable bonds is 7. The van der Waals surface area contributed by atoms with E-state index in [-0.39, 0.29) is 19.1 Å². The van der Waals surface area contributed by atoms with Crippen molar-refractivity contribution in [1.82, 2.24) is 15.3 Å². The lowest BCUT2D eigenvalue weighted by Crippen LogP contribution is -2.35. The van der Waals surface area contributed by atoms with E-state index < -0.39 is 6.10 Å². The van der Waals surface area contributed by atoms with E-state index >= 15 is 0 Å². The first-order chi connectivity index (χ1) is 11.1. The van der Waals surface area contributed by atoms with E-state index in [0.717, 1.165) is 0 Å². The topological polar surface area (TPSA) is 93.6 Å². The molecule has 0 bridgehead atoms. The van der Waals surface area contributed by atoms with E-state index in [1.807, 2.05) is 0 Å². The van der Waals surface area contributed by atoms with Gasteiger partial charge < -0.3 is 19.9 Å². The van der Waals surface area contributed by atoms with Gasteiger partial charge in [-0.3, -0.25) is 4.79 Å². The van der Waals surface area contributed by atoms with Gasteiger partial charge in [0.25, 0.3) is 5.91 Å². The second-order valence-corrected chi connectivity index (χ2v) is 4.87. The number of aliphatic hydroxyl groups is 1. The van der Waals surface area contributed by atoms with Crippen molar-refractivity contribution in [1.29, 1.82) is 0 Å². The summed E-state index contributed by atoms with van der Waals surface area (Å²) in [5, 5.41) is 12.5. The molecule has 0 spiro atoms. The van der Waals surface area contributed by atoms with Crippen LogP contribution in [0.3, 0.4) is 0 Å². The molecule has 0 radical (unpaired) electrons. The second-order valence-electron chi connectivity index (χ2n) is 4.87. The van der Waals surface area contributed by atoms with Crippen LogP contribution in [0.1, 0.15) is 16.2 Å². The number of hydrogen-bond donors (Lipinski definition) is 2. The van der Waals surface area contributed by atoms with E-state index in [0.29, 0.717) is 22.9 Å². The van der Waals surface area contributed by atoms with Crippen LogP contribution in [0.4, 0.5) is 0 Å². The highest BCUT2D eigenvalue weighted by Gasteiger charge is 2.10. The minimum atomic E-state index is -0.837. The van der Waals surface area contributed by atoms with E-state index in [2.05, 4.69) is 15.3 Å². The van der Waals surface area contributed by atoms with Crippen LogP contribution in [0.2, 0.25) is 0 Å².